The molecule has 16 heavy (non-hydrogen) atoms. The molecule has 0 aliphatic heterocycles. The van der Waals surface area contributed by atoms with Gasteiger partial charge in [0.25, 0.3) is 0 Å². The second kappa shape index (κ2) is 5.02. The number of nitrogens with one attached hydrogen (secondary N) is 2. The van der Waals surface area contributed by atoms with E-state index in [4.69, 9.17) is 5.26 Å². The quantitative estimate of drug-likeness (QED) is 0.599. The van der Waals surface area contributed by atoms with E-state index in [9.17, 15) is 18.0 Å². The molecular weight excluding hydrogens is 223 g/mol. The fourth-order valence-electron chi connectivity index (χ4n) is 0.909. The van der Waals surface area contributed by atoms with Gasteiger partial charge in [0.1, 0.15) is 6.54 Å². The van der Waals surface area contributed by atoms with Crippen molar-refractivity contribution in [1.29, 1.82) is 5.26 Å². The number of hydrogen-bond donors (Lipinski definition) is 2. The van der Waals surface area contributed by atoms with Crippen LogP contribution in [0.4, 0.5) is 23.7 Å². The first kappa shape index (κ1) is 11.8. The summed E-state index contributed by atoms with van der Waals surface area (Å²) in [4.78, 5) is 11.0. The van der Waals surface area contributed by atoms with Crippen molar-refractivity contribution in [2.24, 2.45) is 0 Å². The molecule has 0 unspecified atom stereocenters. The second-order valence-electron chi connectivity index (χ2n) is 2.69. The van der Waals surface area contributed by atoms with Crippen molar-refractivity contribution in [3.05, 3.63) is 29.6 Å². The summed E-state index contributed by atoms with van der Waals surface area (Å²) in [5, 5.41) is 12.1. The van der Waals surface area contributed by atoms with Gasteiger partial charge in [-0.3, -0.25) is 0 Å². The summed E-state index contributed by atoms with van der Waals surface area (Å²) in [5.74, 6) is -4.51. The molecule has 0 spiro atoms. The first-order valence-electron chi connectivity index (χ1n) is 4.11. The zero-order valence-corrected chi connectivity index (χ0v) is 7.85. The molecule has 7 heteroatoms. The fourth-order valence-corrected chi connectivity index (χ4v) is 0.909. The number of urea groups is 1. The number of carbonyl (C=O) groups excluding carboxylic acids is 1. The van der Waals surface area contributed by atoms with Crippen LogP contribution in [0.1, 0.15) is 0 Å². The molecule has 0 aliphatic carbocycles. The van der Waals surface area contributed by atoms with Crippen molar-refractivity contribution in [1.82, 2.24) is 5.32 Å². The molecule has 0 saturated heterocycles. The van der Waals surface area contributed by atoms with Crippen LogP contribution in [0.5, 0.6) is 0 Å². The average Bonchev–Trinajstić information content (AvgIpc) is 2.27. The number of anilines is 1. The van der Waals surface area contributed by atoms with Gasteiger partial charge < -0.3 is 10.6 Å². The lowest BCUT2D eigenvalue weighted by Gasteiger charge is -2.06. The molecule has 0 bridgehead atoms. The van der Waals surface area contributed by atoms with E-state index >= 15 is 0 Å². The summed E-state index contributed by atoms with van der Waals surface area (Å²) in [6.07, 6.45) is 0. The molecule has 0 fully saturated rings. The number of amides is 2. The molecule has 0 atom stereocenters. The Morgan fingerprint density at radius 3 is 2.62 bits per heavy atom. The molecule has 0 heterocycles. The molecule has 0 aliphatic rings. The Morgan fingerprint density at radius 2 is 2.00 bits per heavy atom. The van der Waals surface area contributed by atoms with Crippen LogP contribution in [0.15, 0.2) is 12.1 Å². The van der Waals surface area contributed by atoms with Crippen LogP contribution >= 0.6 is 0 Å². The van der Waals surface area contributed by atoms with Crippen LogP contribution in [-0.2, 0) is 0 Å². The highest BCUT2D eigenvalue weighted by molar-refractivity contribution is 5.89. The van der Waals surface area contributed by atoms with Crippen molar-refractivity contribution in [3.8, 4) is 6.07 Å². The van der Waals surface area contributed by atoms with E-state index in [0.29, 0.717) is 6.07 Å². The molecule has 84 valence electrons. The molecule has 0 aromatic heterocycles. The van der Waals surface area contributed by atoms with Gasteiger partial charge in [0.2, 0.25) is 0 Å². The Labute approximate surface area is 88.7 Å². The maximum atomic E-state index is 13.0. The van der Waals surface area contributed by atoms with Gasteiger partial charge >= 0.3 is 6.03 Å². The van der Waals surface area contributed by atoms with Crippen molar-refractivity contribution in [2.75, 3.05) is 11.9 Å². The number of rotatable bonds is 2. The fraction of sp³-hybridized carbons (Fsp3) is 0.111. The van der Waals surface area contributed by atoms with E-state index in [1.165, 1.54) is 0 Å². The van der Waals surface area contributed by atoms with E-state index in [2.05, 4.69) is 0 Å². The molecular formula is C9H6F3N3O. The molecule has 1 rings (SSSR count). The number of benzene rings is 1. The van der Waals surface area contributed by atoms with Crippen LogP contribution < -0.4 is 10.6 Å². The van der Waals surface area contributed by atoms with Crippen molar-refractivity contribution in [2.45, 2.75) is 0 Å². The van der Waals surface area contributed by atoms with Gasteiger partial charge in [-0.1, -0.05) is 0 Å². The predicted molar refractivity (Wildman–Crippen MR) is 49.0 cm³/mol. The lowest BCUT2D eigenvalue weighted by molar-refractivity contribution is 0.253. The minimum absolute atomic E-state index is 0.281. The van der Waals surface area contributed by atoms with Gasteiger partial charge in [0, 0.05) is 0 Å². The lowest BCUT2D eigenvalue weighted by Crippen LogP contribution is -2.29. The average molecular weight is 229 g/mol. The highest BCUT2D eigenvalue weighted by Crippen LogP contribution is 2.19. The summed E-state index contributed by atoms with van der Waals surface area (Å²) in [6.45, 7) is -0.281. The Hall–Kier alpha value is -2.23. The van der Waals surface area contributed by atoms with Crippen molar-refractivity contribution < 1.29 is 18.0 Å². The van der Waals surface area contributed by atoms with Crippen LogP contribution in [0.3, 0.4) is 0 Å². The van der Waals surface area contributed by atoms with E-state index in [1.807, 2.05) is 10.6 Å². The first-order chi connectivity index (χ1) is 7.56. The van der Waals surface area contributed by atoms with E-state index < -0.39 is 29.2 Å². The van der Waals surface area contributed by atoms with Crippen LogP contribution in [-0.4, -0.2) is 12.6 Å². The molecule has 1 aromatic rings. The third-order valence-electron chi connectivity index (χ3n) is 1.61. The number of nitriles is 1. The number of carbonyl (C=O) groups is 1. The third kappa shape index (κ3) is 2.63. The Kier molecular flexibility index (Phi) is 3.72. The Morgan fingerprint density at radius 1 is 1.31 bits per heavy atom. The predicted octanol–water partition coefficient (Wildman–Crippen LogP) is 1.75. The van der Waals surface area contributed by atoms with E-state index in [0.717, 1.165) is 6.07 Å². The van der Waals surface area contributed by atoms with Gasteiger partial charge in [0.15, 0.2) is 17.5 Å². The molecule has 2 amide bonds. The largest absolute Gasteiger partial charge is 0.325 e. The smallest absolute Gasteiger partial charge is 0.320 e. The molecule has 2 N–H and O–H groups in total. The van der Waals surface area contributed by atoms with E-state index in [1.54, 1.807) is 6.07 Å². The van der Waals surface area contributed by atoms with Crippen molar-refractivity contribution >= 4 is 11.7 Å². The third-order valence-corrected chi connectivity index (χ3v) is 1.61. The maximum absolute atomic E-state index is 13.0. The van der Waals surface area contributed by atoms with Gasteiger partial charge in [-0.15, -0.1) is 0 Å². The normalized spacial score (nSPS) is 9.38. The Balaban J connectivity index is 2.79. The highest BCUT2D eigenvalue weighted by atomic mass is 19.2. The monoisotopic (exact) mass is 229 g/mol. The van der Waals surface area contributed by atoms with Crippen molar-refractivity contribution in [3.63, 3.8) is 0 Å². The maximum Gasteiger partial charge on any atom is 0.320 e. The SMILES string of the molecule is N#CCNC(=O)Nc1ccc(F)c(F)c1F. The van der Waals surface area contributed by atoms with Crippen LogP contribution in [0, 0.1) is 28.8 Å². The van der Waals surface area contributed by atoms with Gasteiger partial charge in [-0.05, 0) is 12.1 Å². The molecule has 0 radical (unpaired) electrons. The first-order valence-corrected chi connectivity index (χ1v) is 4.11. The summed E-state index contributed by atoms with van der Waals surface area (Å²) in [6, 6.07) is 2.29. The molecule has 1 aromatic carbocycles. The number of hydrogen-bond acceptors (Lipinski definition) is 2. The van der Waals surface area contributed by atoms with E-state index in [-0.39, 0.29) is 6.54 Å². The summed E-state index contributed by atoms with van der Waals surface area (Å²) < 4.78 is 38.3. The summed E-state index contributed by atoms with van der Waals surface area (Å²) in [5.41, 5.74) is -0.505. The van der Waals surface area contributed by atoms with Gasteiger partial charge in [-0.2, -0.15) is 5.26 Å². The van der Waals surface area contributed by atoms with Crippen LogP contribution in [0.25, 0.3) is 0 Å². The summed E-state index contributed by atoms with van der Waals surface area (Å²) >= 11 is 0. The van der Waals surface area contributed by atoms with Gasteiger partial charge in [-0.25, -0.2) is 18.0 Å². The van der Waals surface area contributed by atoms with Gasteiger partial charge in [0.05, 0.1) is 11.8 Å². The number of nitrogens with zero attached hydrogens (tertiary/aromatic N) is 1. The lowest BCUT2D eigenvalue weighted by atomic mass is 10.3. The topological polar surface area (TPSA) is 64.9 Å². The Bertz CT molecular complexity index is 456. The minimum atomic E-state index is -1.67. The minimum Gasteiger partial charge on any atom is -0.325 e. The zero-order chi connectivity index (χ0) is 12.1. The summed E-state index contributed by atoms with van der Waals surface area (Å²) in [7, 11) is 0. The number of halogens is 3. The molecule has 4 nitrogen and oxygen atoms in total. The van der Waals surface area contributed by atoms with Crippen LogP contribution in [0.2, 0.25) is 0 Å². The standard InChI is InChI=1S/C9H6F3N3O/c10-5-1-2-6(8(12)7(5)11)15-9(16)14-4-3-13/h1-2H,4H2,(H2,14,15,16). The zero-order valence-electron chi connectivity index (χ0n) is 7.85. The highest BCUT2D eigenvalue weighted by Gasteiger charge is 2.14. The second-order valence-corrected chi connectivity index (χ2v) is 2.69. The molecule has 0 saturated carbocycles.